The molecule has 8 heavy (non-hydrogen) atoms. The average Bonchev–Trinajstić information content (AvgIpc) is 1.57. The molecule has 0 aromatic heterocycles. The molecule has 2 nitrogen and oxygen atoms in total. The van der Waals surface area contributed by atoms with Gasteiger partial charge in [0.2, 0.25) is 0 Å². The quantitative estimate of drug-likeness (QED) is 0.466. The molecule has 1 saturated heterocycles. The molecule has 0 amide bonds. The number of aliphatic hydroxyl groups is 1. The second-order valence-corrected chi connectivity index (χ2v) is 3.51. The van der Waals surface area contributed by atoms with Crippen LogP contribution in [0.5, 0.6) is 0 Å². The lowest BCUT2D eigenvalue weighted by Crippen LogP contribution is -2.52. The fourth-order valence-corrected chi connectivity index (χ4v) is 1.11. The van der Waals surface area contributed by atoms with Gasteiger partial charge in [0.05, 0.1) is 11.1 Å². The lowest BCUT2D eigenvalue weighted by Gasteiger charge is -2.37. The lowest BCUT2D eigenvalue weighted by atomic mass is 10.2. The SMILES string of the molecule is CC(Br)N1CC(O)C1. The topological polar surface area (TPSA) is 23.5 Å². The molecule has 1 atom stereocenters. The third-order valence-electron chi connectivity index (χ3n) is 1.39. The summed E-state index contributed by atoms with van der Waals surface area (Å²) in [6, 6.07) is 0. The Morgan fingerprint density at radius 1 is 1.75 bits per heavy atom. The molecule has 0 aromatic rings. The molecule has 3 heteroatoms. The Bertz CT molecular complexity index is 80.5. The summed E-state index contributed by atoms with van der Waals surface area (Å²) in [5, 5.41) is 8.80. The van der Waals surface area contributed by atoms with Crippen molar-refractivity contribution in [2.24, 2.45) is 0 Å². The largest absolute Gasteiger partial charge is 0.390 e. The Labute approximate surface area is 57.6 Å². The second kappa shape index (κ2) is 2.33. The van der Waals surface area contributed by atoms with Gasteiger partial charge in [-0.3, -0.25) is 4.90 Å². The van der Waals surface area contributed by atoms with Gasteiger partial charge in [0.15, 0.2) is 0 Å². The minimum atomic E-state index is -0.0741. The number of alkyl halides is 1. The molecular weight excluding hydrogens is 170 g/mol. The predicted molar refractivity (Wildman–Crippen MR) is 36.0 cm³/mol. The minimum absolute atomic E-state index is 0.0741. The van der Waals surface area contributed by atoms with Crippen LogP contribution in [0.4, 0.5) is 0 Å². The summed E-state index contributed by atoms with van der Waals surface area (Å²) in [6.07, 6.45) is -0.0741. The number of β-amino-alcohol motifs (C(OH)–C–C–N with tert-alkyl or cyclic N) is 1. The Hall–Kier alpha value is 0.400. The van der Waals surface area contributed by atoms with Crippen molar-refractivity contribution in [2.45, 2.75) is 18.0 Å². The van der Waals surface area contributed by atoms with Crippen molar-refractivity contribution in [3.8, 4) is 0 Å². The maximum atomic E-state index is 8.80. The maximum Gasteiger partial charge on any atom is 0.0794 e. The Morgan fingerprint density at radius 3 is 2.38 bits per heavy atom. The number of rotatable bonds is 1. The van der Waals surface area contributed by atoms with Gasteiger partial charge in [0.25, 0.3) is 0 Å². The van der Waals surface area contributed by atoms with Gasteiger partial charge in [-0.05, 0) is 6.92 Å². The van der Waals surface area contributed by atoms with E-state index in [2.05, 4.69) is 27.8 Å². The van der Waals surface area contributed by atoms with Crippen molar-refractivity contribution in [1.82, 2.24) is 4.90 Å². The van der Waals surface area contributed by atoms with Gasteiger partial charge >= 0.3 is 0 Å². The maximum absolute atomic E-state index is 8.80. The van der Waals surface area contributed by atoms with E-state index in [0.717, 1.165) is 13.1 Å². The number of hydrogen-bond donors (Lipinski definition) is 1. The molecule has 1 heterocycles. The number of aliphatic hydroxyl groups excluding tert-OH is 1. The smallest absolute Gasteiger partial charge is 0.0794 e. The number of halogens is 1. The summed E-state index contributed by atoms with van der Waals surface area (Å²) in [5.41, 5.74) is 0. The van der Waals surface area contributed by atoms with E-state index in [4.69, 9.17) is 5.11 Å². The molecule has 1 aliphatic heterocycles. The van der Waals surface area contributed by atoms with E-state index in [1.54, 1.807) is 0 Å². The molecule has 48 valence electrons. The first-order chi connectivity index (χ1) is 3.70. The first kappa shape index (κ1) is 6.52. The van der Waals surface area contributed by atoms with E-state index in [9.17, 15) is 0 Å². The summed E-state index contributed by atoms with van der Waals surface area (Å²) in [6.45, 7) is 3.71. The van der Waals surface area contributed by atoms with Gasteiger partial charge in [-0.25, -0.2) is 0 Å². The fourth-order valence-electron chi connectivity index (χ4n) is 0.778. The van der Waals surface area contributed by atoms with E-state index >= 15 is 0 Å². The van der Waals surface area contributed by atoms with E-state index in [1.807, 2.05) is 0 Å². The zero-order valence-electron chi connectivity index (χ0n) is 4.84. The summed E-state index contributed by atoms with van der Waals surface area (Å²) in [7, 11) is 0. The molecule has 0 radical (unpaired) electrons. The highest BCUT2D eigenvalue weighted by molar-refractivity contribution is 9.09. The van der Waals surface area contributed by atoms with Crippen LogP contribution in [0.1, 0.15) is 6.92 Å². The van der Waals surface area contributed by atoms with Crippen molar-refractivity contribution in [1.29, 1.82) is 0 Å². The Morgan fingerprint density at radius 2 is 2.25 bits per heavy atom. The van der Waals surface area contributed by atoms with Crippen LogP contribution in [0.3, 0.4) is 0 Å². The van der Waals surface area contributed by atoms with Gasteiger partial charge in [0.1, 0.15) is 0 Å². The van der Waals surface area contributed by atoms with Gasteiger partial charge < -0.3 is 5.11 Å². The highest BCUT2D eigenvalue weighted by Gasteiger charge is 2.26. The first-order valence-electron chi connectivity index (χ1n) is 2.76. The molecule has 1 rings (SSSR count). The molecule has 0 aliphatic carbocycles. The van der Waals surface area contributed by atoms with Crippen molar-refractivity contribution in [2.75, 3.05) is 13.1 Å². The summed E-state index contributed by atoms with van der Waals surface area (Å²) < 4.78 is 0. The molecule has 1 N–H and O–H groups in total. The molecule has 1 unspecified atom stereocenters. The number of nitrogens with zero attached hydrogens (tertiary/aromatic N) is 1. The van der Waals surface area contributed by atoms with Crippen molar-refractivity contribution < 1.29 is 5.11 Å². The monoisotopic (exact) mass is 179 g/mol. The van der Waals surface area contributed by atoms with Crippen LogP contribution >= 0.6 is 15.9 Å². The van der Waals surface area contributed by atoms with Crippen LogP contribution in [-0.2, 0) is 0 Å². The van der Waals surface area contributed by atoms with Gasteiger partial charge in [0, 0.05) is 13.1 Å². The fraction of sp³-hybridized carbons (Fsp3) is 1.00. The molecule has 0 aromatic carbocycles. The normalized spacial score (nSPS) is 27.4. The van der Waals surface area contributed by atoms with E-state index < -0.39 is 0 Å². The van der Waals surface area contributed by atoms with E-state index in [1.165, 1.54) is 0 Å². The molecule has 0 bridgehead atoms. The number of hydrogen-bond acceptors (Lipinski definition) is 2. The molecule has 1 aliphatic rings. The molecule has 0 spiro atoms. The van der Waals surface area contributed by atoms with Crippen LogP contribution in [0, 0.1) is 0 Å². The van der Waals surface area contributed by atoms with Crippen LogP contribution < -0.4 is 0 Å². The molecular formula is C5H10BrNO. The molecule has 1 fully saturated rings. The summed E-state index contributed by atoms with van der Waals surface area (Å²) in [5.74, 6) is 0. The second-order valence-electron chi connectivity index (χ2n) is 2.18. The summed E-state index contributed by atoms with van der Waals surface area (Å²) >= 11 is 3.39. The lowest BCUT2D eigenvalue weighted by molar-refractivity contribution is -0.000169. The van der Waals surface area contributed by atoms with Crippen LogP contribution in [0.2, 0.25) is 0 Å². The Balaban J connectivity index is 2.15. The third kappa shape index (κ3) is 1.21. The standard InChI is InChI=1S/C5H10BrNO/c1-4(6)7-2-5(8)3-7/h4-5,8H,2-3H2,1H3. The van der Waals surface area contributed by atoms with Gasteiger partial charge in [-0.15, -0.1) is 0 Å². The summed E-state index contributed by atoms with van der Waals surface area (Å²) in [4.78, 5) is 2.58. The predicted octanol–water partition coefficient (Wildman–Crippen LogP) is 0.404. The Kier molecular flexibility index (Phi) is 1.90. The van der Waals surface area contributed by atoms with Crippen LogP contribution in [-0.4, -0.2) is 34.2 Å². The van der Waals surface area contributed by atoms with Crippen LogP contribution in [0.15, 0.2) is 0 Å². The van der Waals surface area contributed by atoms with Gasteiger partial charge in [-0.1, -0.05) is 15.9 Å². The van der Waals surface area contributed by atoms with Crippen molar-refractivity contribution in [3.63, 3.8) is 0 Å². The third-order valence-corrected chi connectivity index (χ3v) is 1.97. The highest BCUT2D eigenvalue weighted by Crippen LogP contribution is 2.14. The van der Waals surface area contributed by atoms with E-state index in [0.29, 0.717) is 4.95 Å². The number of likely N-dealkylation sites (tertiary alicyclic amines) is 1. The first-order valence-corrected chi connectivity index (χ1v) is 3.68. The molecule has 0 saturated carbocycles. The minimum Gasteiger partial charge on any atom is -0.390 e. The van der Waals surface area contributed by atoms with Crippen LogP contribution in [0.25, 0.3) is 0 Å². The van der Waals surface area contributed by atoms with Gasteiger partial charge in [-0.2, -0.15) is 0 Å². The zero-order chi connectivity index (χ0) is 6.15. The van der Waals surface area contributed by atoms with Crippen molar-refractivity contribution in [3.05, 3.63) is 0 Å². The van der Waals surface area contributed by atoms with E-state index in [-0.39, 0.29) is 6.10 Å². The average molecular weight is 180 g/mol. The van der Waals surface area contributed by atoms with Crippen molar-refractivity contribution >= 4 is 15.9 Å². The zero-order valence-corrected chi connectivity index (χ0v) is 6.43. The highest BCUT2D eigenvalue weighted by atomic mass is 79.9.